The Morgan fingerprint density at radius 1 is 0.533 bits per heavy atom. The Hall–Kier alpha value is -1.04. The number of hydrogen-bond acceptors (Lipinski definition) is 0. The minimum absolute atomic E-state index is 0.741. The fourth-order valence-electron chi connectivity index (χ4n) is 4.32. The summed E-state index contributed by atoms with van der Waals surface area (Å²) in [6, 6.07) is 0. The predicted molar refractivity (Wildman–Crippen MR) is 217 cm³/mol. The third-order valence-corrected chi connectivity index (χ3v) is 8.19. The van der Waals surface area contributed by atoms with Crippen LogP contribution in [-0.2, 0) is 0 Å². The second-order valence-electron chi connectivity index (χ2n) is 14.6. The molecule has 3 unspecified atom stereocenters. The van der Waals surface area contributed by atoms with E-state index >= 15 is 0 Å². The molecular weight excluding hydrogens is 540 g/mol. The molecular formula is C45H92. The summed E-state index contributed by atoms with van der Waals surface area (Å²) < 4.78 is 0. The summed E-state index contributed by atoms with van der Waals surface area (Å²) in [7, 11) is 0. The van der Waals surface area contributed by atoms with Crippen molar-refractivity contribution >= 4 is 0 Å². The molecule has 0 saturated heterocycles. The highest BCUT2D eigenvalue weighted by atomic mass is 14.1. The average Bonchev–Trinajstić information content (AvgIpc) is 2.97. The standard InChI is InChI=1S/C10H22.C10H20.C9H18.2C8H16/c2*1-5-7-8-10(6-2)9(3)4;1-5-6-7-9(4)8(2)3;2*1-4-5-6-7-8(2)3/h9-10H,5-8H2,1-4H3;7-10H,5-6H2,1-4H3;6-9H,5H2,1-4H3;7H,4-6H2,1-3H3;5-6,8H,4,7H2,1-3H3/b;8-7+;7-6+;;6-5+. The summed E-state index contributed by atoms with van der Waals surface area (Å²) in [4.78, 5) is 0. The van der Waals surface area contributed by atoms with Gasteiger partial charge < -0.3 is 0 Å². The molecule has 0 aromatic rings. The van der Waals surface area contributed by atoms with Crippen molar-refractivity contribution in [2.75, 3.05) is 0 Å². The van der Waals surface area contributed by atoms with E-state index in [1.165, 1.54) is 76.2 Å². The maximum atomic E-state index is 2.35. The summed E-state index contributed by atoms with van der Waals surface area (Å²) in [5.74, 6) is 5.79. The van der Waals surface area contributed by atoms with Crippen LogP contribution in [-0.4, -0.2) is 0 Å². The van der Waals surface area contributed by atoms with Gasteiger partial charge in [-0.25, -0.2) is 0 Å². The van der Waals surface area contributed by atoms with Gasteiger partial charge in [-0.2, -0.15) is 0 Å². The second-order valence-corrected chi connectivity index (χ2v) is 14.6. The van der Waals surface area contributed by atoms with Crippen molar-refractivity contribution in [3.63, 3.8) is 0 Å². The van der Waals surface area contributed by atoms with Gasteiger partial charge in [0.1, 0.15) is 0 Å². The third-order valence-electron chi connectivity index (χ3n) is 8.19. The van der Waals surface area contributed by atoms with Crippen molar-refractivity contribution in [2.24, 2.45) is 41.4 Å². The van der Waals surface area contributed by atoms with E-state index in [0.717, 1.165) is 47.8 Å². The van der Waals surface area contributed by atoms with Crippen LogP contribution in [0.2, 0.25) is 0 Å². The lowest BCUT2D eigenvalue weighted by molar-refractivity contribution is 0.339. The summed E-state index contributed by atoms with van der Waals surface area (Å²) in [6.45, 7) is 40.4. The highest BCUT2D eigenvalue weighted by Gasteiger charge is 2.09. The second kappa shape index (κ2) is 43.0. The van der Waals surface area contributed by atoms with Crippen molar-refractivity contribution in [3.05, 3.63) is 48.1 Å². The predicted octanol–water partition coefficient (Wildman–Crippen LogP) is 16.9. The summed E-state index contributed by atoms with van der Waals surface area (Å²) in [5, 5.41) is 0. The van der Waals surface area contributed by atoms with E-state index in [1.54, 1.807) is 0 Å². The molecule has 0 fully saturated rings. The molecule has 0 N–H and O–H groups in total. The molecule has 0 aliphatic heterocycles. The molecule has 0 heterocycles. The van der Waals surface area contributed by atoms with E-state index in [1.807, 2.05) is 0 Å². The molecule has 0 amide bonds. The van der Waals surface area contributed by atoms with Gasteiger partial charge in [0.05, 0.1) is 0 Å². The fourth-order valence-corrected chi connectivity index (χ4v) is 4.32. The van der Waals surface area contributed by atoms with Gasteiger partial charge in [-0.3, -0.25) is 0 Å². The molecule has 0 rings (SSSR count). The topological polar surface area (TPSA) is 0 Å². The lowest BCUT2D eigenvalue weighted by atomic mass is 9.89. The molecule has 272 valence electrons. The first-order chi connectivity index (χ1) is 21.2. The first kappa shape index (κ1) is 53.5. The average molecular weight is 633 g/mol. The van der Waals surface area contributed by atoms with Gasteiger partial charge in [0, 0.05) is 0 Å². The number of rotatable bonds is 18. The monoisotopic (exact) mass is 633 g/mol. The minimum Gasteiger partial charge on any atom is -0.0888 e. The van der Waals surface area contributed by atoms with Gasteiger partial charge in [0.2, 0.25) is 0 Å². The minimum atomic E-state index is 0.741. The SMILES string of the molecule is CC/C=C/C(C)C(C)C.CC/C=C/C(CC)C(C)C.CC/C=C/CC(C)C.CCCCC(CC)C(C)C.CCCCC=C(C)C. The summed E-state index contributed by atoms with van der Waals surface area (Å²) in [6.07, 6.45) is 31.4. The van der Waals surface area contributed by atoms with Gasteiger partial charge in [-0.05, 0) is 93.8 Å². The smallest absolute Gasteiger partial charge is 0.0213 e. The van der Waals surface area contributed by atoms with E-state index in [9.17, 15) is 0 Å². The highest BCUT2D eigenvalue weighted by Crippen LogP contribution is 2.21. The summed E-state index contributed by atoms with van der Waals surface area (Å²) >= 11 is 0. The van der Waals surface area contributed by atoms with Crippen molar-refractivity contribution in [1.82, 2.24) is 0 Å². The van der Waals surface area contributed by atoms with Crippen LogP contribution >= 0.6 is 0 Å². The van der Waals surface area contributed by atoms with Crippen LogP contribution in [0.1, 0.15) is 202 Å². The first-order valence-electron chi connectivity index (χ1n) is 19.8. The van der Waals surface area contributed by atoms with Gasteiger partial charge >= 0.3 is 0 Å². The highest BCUT2D eigenvalue weighted by molar-refractivity contribution is 4.92. The van der Waals surface area contributed by atoms with Crippen LogP contribution < -0.4 is 0 Å². The maximum absolute atomic E-state index is 2.35. The molecule has 0 radical (unpaired) electrons. The van der Waals surface area contributed by atoms with Crippen LogP contribution in [0.3, 0.4) is 0 Å². The zero-order chi connectivity index (χ0) is 36.1. The Bertz CT molecular complexity index is 620. The zero-order valence-corrected chi connectivity index (χ0v) is 35.1. The third kappa shape index (κ3) is 52.8. The Balaban J connectivity index is -0.000000149. The molecule has 0 spiro atoms. The molecule has 3 atom stereocenters. The zero-order valence-electron chi connectivity index (χ0n) is 35.1. The van der Waals surface area contributed by atoms with E-state index in [4.69, 9.17) is 0 Å². The fraction of sp³-hybridized carbons (Fsp3) is 0.822. The number of allylic oxidation sites excluding steroid dienone is 8. The van der Waals surface area contributed by atoms with Crippen molar-refractivity contribution in [1.29, 1.82) is 0 Å². The molecule has 0 aromatic heterocycles. The van der Waals surface area contributed by atoms with E-state index in [2.05, 4.69) is 167 Å². The van der Waals surface area contributed by atoms with Gasteiger partial charge in [-0.1, -0.05) is 197 Å². The molecule has 0 aliphatic carbocycles. The van der Waals surface area contributed by atoms with Crippen molar-refractivity contribution < 1.29 is 0 Å². The normalized spacial score (nSPS) is 13.1. The van der Waals surface area contributed by atoms with Crippen molar-refractivity contribution in [3.8, 4) is 0 Å². The van der Waals surface area contributed by atoms with Crippen LogP contribution in [0.4, 0.5) is 0 Å². The molecule has 0 aliphatic rings. The van der Waals surface area contributed by atoms with Crippen LogP contribution in [0.15, 0.2) is 48.1 Å². The molecule has 0 aromatic carbocycles. The number of hydrogen-bond donors (Lipinski definition) is 0. The molecule has 0 heteroatoms. The van der Waals surface area contributed by atoms with Crippen LogP contribution in [0.25, 0.3) is 0 Å². The molecule has 0 bridgehead atoms. The maximum Gasteiger partial charge on any atom is -0.0213 e. The quantitative estimate of drug-likeness (QED) is 0.104. The van der Waals surface area contributed by atoms with E-state index < -0.39 is 0 Å². The lowest BCUT2D eigenvalue weighted by Gasteiger charge is -2.17. The van der Waals surface area contributed by atoms with Gasteiger partial charge in [-0.15, -0.1) is 0 Å². The Morgan fingerprint density at radius 2 is 1.04 bits per heavy atom. The summed E-state index contributed by atoms with van der Waals surface area (Å²) in [5.41, 5.74) is 1.44. The van der Waals surface area contributed by atoms with Gasteiger partial charge in [0.15, 0.2) is 0 Å². The van der Waals surface area contributed by atoms with Crippen LogP contribution in [0, 0.1) is 41.4 Å². The van der Waals surface area contributed by atoms with E-state index in [0.29, 0.717) is 0 Å². The Morgan fingerprint density at radius 3 is 1.38 bits per heavy atom. The largest absolute Gasteiger partial charge is 0.0888 e. The van der Waals surface area contributed by atoms with Crippen LogP contribution in [0.5, 0.6) is 0 Å². The molecule has 45 heavy (non-hydrogen) atoms. The van der Waals surface area contributed by atoms with Gasteiger partial charge in [0.25, 0.3) is 0 Å². The van der Waals surface area contributed by atoms with E-state index in [-0.39, 0.29) is 0 Å². The first-order valence-corrected chi connectivity index (χ1v) is 19.8. The molecule has 0 saturated carbocycles. The van der Waals surface area contributed by atoms with Crippen molar-refractivity contribution in [2.45, 2.75) is 202 Å². The Kier molecular flexibility index (Phi) is 51.0. The lowest BCUT2D eigenvalue weighted by Crippen LogP contribution is -2.06. The molecule has 0 nitrogen and oxygen atoms in total. The number of unbranched alkanes of at least 4 members (excludes halogenated alkanes) is 3. The Labute approximate surface area is 290 Å².